The summed E-state index contributed by atoms with van der Waals surface area (Å²) < 4.78 is 1.67. The van der Waals surface area contributed by atoms with E-state index in [1.54, 1.807) is 4.52 Å². The lowest BCUT2D eigenvalue weighted by atomic mass is 10.2. The zero-order valence-corrected chi connectivity index (χ0v) is 12.4. The number of rotatable bonds is 2. The summed E-state index contributed by atoms with van der Waals surface area (Å²) in [6.45, 7) is 1.43. The number of amides is 1. The maximum Gasteiger partial charge on any atom is 0.249 e. The van der Waals surface area contributed by atoms with Gasteiger partial charge in [-0.15, -0.1) is 5.10 Å². The van der Waals surface area contributed by atoms with Crippen LogP contribution in [0, 0.1) is 0 Å². The number of carbonyl (C=O) groups excluding carboxylic acids is 1. The van der Waals surface area contributed by atoms with E-state index >= 15 is 0 Å². The van der Waals surface area contributed by atoms with Gasteiger partial charge in [0.1, 0.15) is 0 Å². The van der Waals surface area contributed by atoms with Gasteiger partial charge in [0.15, 0.2) is 11.5 Å². The first-order valence-electron chi connectivity index (χ1n) is 7.21. The van der Waals surface area contributed by atoms with Crippen LogP contribution in [0.2, 0.25) is 0 Å². The van der Waals surface area contributed by atoms with E-state index in [-0.39, 0.29) is 11.9 Å². The molecule has 6 heteroatoms. The van der Waals surface area contributed by atoms with E-state index in [9.17, 15) is 4.79 Å². The Morgan fingerprint density at radius 2 is 1.74 bits per heavy atom. The Bertz CT molecular complexity index is 1020. The van der Waals surface area contributed by atoms with E-state index in [4.69, 9.17) is 4.98 Å². The van der Waals surface area contributed by atoms with Crippen molar-refractivity contribution in [3.63, 3.8) is 0 Å². The molecule has 0 radical (unpaired) electrons. The number of para-hydroxylation sites is 1. The third-order valence-electron chi connectivity index (χ3n) is 3.50. The second-order valence-electron chi connectivity index (χ2n) is 5.17. The van der Waals surface area contributed by atoms with Gasteiger partial charge in [0, 0.05) is 17.9 Å². The monoisotopic (exact) mass is 303 g/mol. The Hall–Kier alpha value is -3.28. The molecule has 0 saturated heterocycles. The van der Waals surface area contributed by atoms with Gasteiger partial charge in [-0.1, -0.05) is 42.5 Å². The number of hydrogen-bond donors (Lipinski definition) is 1. The average Bonchev–Trinajstić information content (AvgIpc) is 2.98. The molecule has 0 atom stereocenters. The van der Waals surface area contributed by atoms with Gasteiger partial charge < -0.3 is 0 Å². The zero-order valence-electron chi connectivity index (χ0n) is 12.4. The summed E-state index contributed by atoms with van der Waals surface area (Å²) in [4.78, 5) is 20.5. The molecule has 0 bridgehead atoms. The number of hydrogen-bond acceptors (Lipinski definition) is 4. The van der Waals surface area contributed by atoms with Gasteiger partial charge in [-0.25, -0.2) is 4.98 Å². The molecule has 0 aliphatic rings. The van der Waals surface area contributed by atoms with Crippen LogP contribution in [0.15, 0.2) is 54.6 Å². The fraction of sp³-hybridized carbons (Fsp3) is 0.0588. The van der Waals surface area contributed by atoms with Crippen LogP contribution in [0.25, 0.3) is 27.9 Å². The van der Waals surface area contributed by atoms with Crippen LogP contribution in [0.3, 0.4) is 0 Å². The minimum Gasteiger partial charge on any atom is -0.293 e. The molecule has 1 amide bonds. The molecule has 0 unspecified atom stereocenters. The number of nitrogens with one attached hydrogen (secondary N) is 1. The average molecular weight is 303 g/mol. The molecule has 0 aliphatic heterocycles. The van der Waals surface area contributed by atoms with Crippen LogP contribution >= 0.6 is 0 Å². The fourth-order valence-electron chi connectivity index (χ4n) is 2.54. The van der Waals surface area contributed by atoms with Crippen LogP contribution < -0.4 is 5.32 Å². The van der Waals surface area contributed by atoms with Gasteiger partial charge in [-0.05, 0) is 12.1 Å². The summed E-state index contributed by atoms with van der Waals surface area (Å²) >= 11 is 0. The van der Waals surface area contributed by atoms with E-state index in [1.807, 2.05) is 54.6 Å². The summed E-state index contributed by atoms with van der Waals surface area (Å²) in [5, 5.41) is 7.90. The van der Waals surface area contributed by atoms with E-state index < -0.39 is 0 Å². The summed E-state index contributed by atoms with van der Waals surface area (Å²) in [5.41, 5.74) is 2.43. The van der Waals surface area contributed by atoms with Crippen molar-refractivity contribution in [1.29, 1.82) is 0 Å². The summed E-state index contributed by atoms with van der Waals surface area (Å²) in [6, 6.07) is 17.5. The van der Waals surface area contributed by atoms with E-state index in [0.29, 0.717) is 11.5 Å². The first kappa shape index (κ1) is 13.4. The molecule has 2 heterocycles. The van der Waals surface area contributed by atoms with E-state index in [2.05, 4.69) is 15.4 Å². The van der Waals surface area contributed by atoms with Crippen LogP contribution in [0.1, 0.15) is 6.92 Å². The third kappa shape index (κ3) is 2.30. The largest absolute Gasteiger partial charge is 0.293 e. The predicted molar refractivity (Wildman–Crippen MR) is 88.0 cm³/mol. The van der Waals surface area contributed by atoms with E-state index in [0.717, 1.165) is 16.5 Å². The van der Waals surface area contributed by atoms with Crippen molar-refractivity contribution < 1.29 is 4.79 Å². The van der Waals surface area contributed by atoms with Crippen molar-refractivity contribution >= 4 is 28.4 Å². The third-order valence-corrected chi connectivity index (χ3v) is 3.50. The number of nitrogens with zero attached hydrogens (tertiary/aromatic N) is 4. The first-order valence-corrected chi connectivity index (χ1v) is 7.21. The number of anilines is 1. The van der Waals surface area contributed by atoms with Crippen molar-refractivity contribution in [2.75, 3.05) is 5.32 Å². The van der Waals surface area contributed by atoms with Crippen LogP contribution in [-0.2, 0) is 4.79 Å². The lowest BCUT2D eigenvalue weighted by molar-refractivity contribution is -0.114. The molecule has 0 saturated carbocycles. The number of benzene rings is 2. The van der Waals surface area contributed by atoms with Gasteiger partial charge in [0.25, 0.3) is 0 Å². The second kappa shape index (κ2) is 5.17. The zero-order chi connectivity index (χ0) is 15.8. The topological polar surface area (TPSA) is 72.2 Å². The SMILES string of the molecule is CC(=O)Nc1nc2c3ccccc3nc(-c3ccccc3)n2n1. The molecular weight excluding hydrogens is 290 g/mol. The van der Waals surface area contributed by atoms with Crippen molar-refractivity contribution in [3.8, 4) is 11.4 Å². The smallest absolute Gasteiger partial charge is 0.249 e. The van der Waals surface area contributed by atoms with Gasteiger partial charge in [0.05, 0.1) is 5.52 Å². The molecule has 0 aliphatic carbocycles. The van der Waals surface area contributed by atoms with Crippen LogP contribution in [-0.4, -0.2) is 25.5 Å². The molecule has 0 fully saturated rings. The van der Waals surface area contributed by atoms with Crippen molar-refractivity contribution in [2.45, 2.75) is 6.92 Å². The molecule has 0 spiro atoms. The highest BCUT2D eigenvalue weighted by molar-refractivity contribution is 5.94. The predicted octanol–water partition coefficient (Wildman–Crippen LogP) is 2.90. The van der Waals surface area contributed by atoms with Gasteiger partial charge in [0.2, 0.25) is 11.9 Å². The van der Waals surface area contributed by atoms with Crippen LogP contribution in [0.5, 0.6) is 0 Å². The second-order valence-corrected chi connectivity index (χ2v) is 5.17. The quantitative estimate of drug-likeness (QED) is 0.618. The maximum absolute atomic E-state index is 11.3. The standard InChI is InChI=1S/C17H13N5O/c1-11(23)18-17-20-16-13-9-5-6-10-14(13)19-15(22(16)21-17)12-7-3-2-4-8-12/h2-10H,1H3,(H,18,21,23). The maximum atomic E-state index is 11.3. The lowest BCUT2D eigenvalue weighted by Gasteiger charge is -2.06. The Labute approximate surface area is 131 Å². The highest BCUT2D eigenvalue weighted by Crippen LogP contribution is 2.25. The molecule has 6 nitrogen and oxygen atoms in total. The first-order chi connectivity index (χ1) is 11.2. The lowest BCUT2D eigenvalue weighted by Crippen LogP contribution is -2.07. The summed E-state index contributed by atoms with van der Waals surface area (Å²) in [5.74, 6) is 0.746. The summed E-state index contributed by atoms with van der Waals surface area (Å²) in [7, 11) is 0. The highest BCUT2D eigenvalue weighted by atomic mass is 16.1. The molecule has 2 aromatic carbocycles. The molecule has 1 N–H and O–H groups in total. The Balaban J connectivity index is 2.07. The molecule has 23 heavy (non-hydrogen) atoms. The molecular formula is C17H13N5O. The van der Waals surface area contributed by atoms with Gasteiger partial charge in [-0.3, -0.25) is 10.1 Å². The van der Waals surface area contributed by atoms with E-state index in [1.165, 1.54) is 6.92 Å². The Morgan fingerprint density at radius 3 is 2.52 bits per heavy atom. The number of carbonyl (C=O) groups is 1. The molecule has 4 aromatic rings. The molecule has 2 aromatic heterocycles. The Morgan fingerprint density at radius 1 is 1.00 bits per heavy atom. The fourth-order valence-corrected chi connectivity index (χ4v) is 2.54. The van der Waals surface area contributed by atoms with Crippen LogP contribution in [0.4, 0.5) is 5.95 Å². The molecule has 4 rings (SSSR count). The van der Waals surface area contributed by atoms with Crippen molar-refractivity contribution in [3.05, 3.63) is 54.6 Å². The summed E-state index contributed by atoms with van der Waals surface area (Å²) in [6.07, 6.45) is 0. The number of fused-ring (bicyclic) bond motifs is 3. The van der Waals surface area contributed by atoms with Crippen molar-refractivity contribution in [2.24, 2.45) is 0 Å². The van der Waals surface area contributed by atoms with Gasteiger partial charge >= 0.3 is 0 Å². The Kier molecular flexibility index (Phi) is 3.01. The minimum absolute atomic E-state index is 0.209. The highest BCUT2D eigenvalue weighted by Gasteiger charge is 2.14. The molecule has 112 valence electrons. The minimum atomic E-state index is -0.209. The van der Waals surface area contributed by atoms with Crippen molar-refractivity contribution in [1.82, 2.24) is 19.6 Å². The number of aromatic nitrogens is 4. The normalized spacial score (nSPS) is 11.0. The van der Waals surface area contributed by atoms with Gasteiger partial charge in [-0.2, -0.15) is 9.50 Å².